The number of nitrogens with zero attached hydrogens (tertiary/aromatic N) is 1. The predicted molar refractivity (Wildman–Crippen MR) is 82.6 cm³/mol. The number of piperidine rings is 1. The van der Waals surface area contributed by atoms with Crippen molar-refractivity contribution in [2.24, 2.45) is 5.92 Å². The number of hydrogen-bond acceptors (Lipinski definition) is 2. The van der Waals surface area contributed by atoms with Crippen LogP contribution in [0, 0.1) is 5.92 Å². The van der Waals surface area contributed by atoms with Crippen molar-refractivity contribution in [1.82, 2.24) is 10.2 Å². The van der Waals surface area contributed by atoms with E-state index in [-0.39, 0.29) is 5.91 Å². The van der Waals surface area contributed by atoms with E-state index in [1.165, 1.54) is 18.4 Å². The summed E-state index contributed by atoms with van der Waals surface area (Å²) in [5.74, 6) is 0.993. The fourth-order valence-corrected chi connectivity index (χ4v) is 2.64. The standard InChI is InChI=1S/C17H26N2O/c1-15-9-12-19(13-10-15)14-17(20)18-11-5-8-16-6-3-2-4-7-16/h2-4,6-7,15H,5,8-14H2,1H3,(H,18,20). The van der Waals surface area contributed by atoms with Gasteiger partial charge in [0.2, 0.25) is 5.91 Å². The van der Waals surface area contributed by atoms with Gasteiger partial charge < -0.3 is 5.32 Å². The summed E-state index contributed by atoms with van der Waals surface area (Å²) in [7, 11) is 0. The SMILES string of the molecule is CC1CCN(CC(=O)NCCCc2ccccc2)CC1. The quantitative estimate of drug-likeness (QED) is 0.808. The van der Waals surface area contributed by atoms with E-state index in [1.54, 1.807) is 0 Å². The van der Waals surface area contributed by atoms with Crippen molar-refractivity contribution in [3.8, 4) is 0 Å². The third-order valence-corrected chi connectivity index (χ3v) is 4.05. The molecule has 20 heavy (non-hydrogen) atoms. The molecule has 0 atom stereocenters. The minimum atomic E-state index is 0.174. The van der Waals surface area contributed by atoms with Gasteiger partial charge >= 0.3 is 0 Å². The molecule has 1 aromatic carbocycles. The molecule has 0 saturated carbocycles. The summed E-state index contributed by atoms with van der Waals surface area (Å²) in [6, 6.07) is 10.4. The first kappa shape index (κ1) is 15.0. The number of hydrogen-bond donors (Lipinski definition) is 1. The zero-order valence-corrected chi connectivity index (χ0v) is 12.5. The summed E-state index contributed by atoms with van der Waals surface area (Å²) < 4.78 is 0. The molecule has 3 nitrogen and oxygen atoms in total. The molecule has 1 amide bonds. The minimum absolute atomic E-state index is 0.174. The smallest absolute Gasteiger partial charge is 0.234 e. The normalized spacial score (nSPS) is 17.1. The van der Waals surface area contributed by atoms with Crippen LogP contribution in [-0.4, -0.2) is 37.0 Å². The van der Waals surface area contributed by atoms with Crippen LogP contribution < -0.4 is 5.32 Å². The van der Waals surface area contributed by atoms with Crippen LogP contribution in [0.3, 0.4) is 0 Å². The molecule has 0 aliphatic carbocycles. The number of likely N-dealkylation sites (tertiary alicyclic amines) is 1. The van der Waals surface area contributed by atoms with Crippen LogP contribution in [0.4, 0.5) is 0 Å². The first-order chi connectivity index (χ1) is 9.74. The Bertz CT molecular complexity index is 397. The Morgan fingerprint density at radius 3 is 2.65 bits per heavy atom. The molecule has 3 heteroatoms. The highest BCUT2D eigenvalue weighted by Gasteiger charge is 2.17. The number of aryl methyl sites for hydroxylation is 1. The first-order valence-electron chi connectivity index (χ1n) is 7.77. The molecule has 0 unspecified atom stereocenters. The summed E-state index contributed by atoms with van der Waals surface area (Å²) in [4.78, 5) is 14.1. The lowest BCUT2D eigenvalue weighted by atomic mass is 9.99. The molecule has 1 aliphatic rings. The van der Waals surface area contributed by atoms with E-state index in [4.69, 9.17) is 0 Å². The summed E-state index contributed by atoms with van der Waals surface area (Å²) >= 11 is 0. The third-order valence-electron chi connectivity index (χ3n) is 4.05. The van der Waals surface area contributed by atoms with Gasteiger partial charge in [0, 0.05) is 6.54 Å². The van der Waals surface area contributed by atoms with Gasteiger partial charge in [-0.05, 0) is 50.3 Å². The molecule has 2 rings (SSSR count). The van der Waals surface area contributed by atoms with Gasteiger partial charge in [0.1, 0.15) is 0 Å². The summed E-state index contributed by atoms with van der Waals surface area (Å²) in [6.07, 6.45) is 4.48. The highest BCUT2D eigenvalue weighted by Crippen LogP contribution is 2.15. The molecule has 1 aromatic rings. The Labute approximate surface area is 122 Å². The summed E-state index contributed by atoms with van der Waals surface area (Å²) in [6.45, 7) is 5.77. The van der Waals surface area contributed by atoms with E-state index in [9.17, 15) is 4.79 Å². The van der Waals surface area contributed by atoms with Gasteiger partial charge in [-0.3, -0.25) is 9.69 Å². The van der Waals surface area contributed by atoms with Gasteiger partial charge in [-0.25, -0.2) is 0 Å². The largest absolute Gasteiger partial charge is 0.355 e. The molecular weight excluding hydrogens is 248 g/mol. The number of rotatable bonds is 6. The van der Waals surface area contributed by atoms with Crippen molar-refractivity contribution in [2.75, 3.05) is 26.2 Å². The minimum Gasteiger partial charge on any atom is -0.355 e. The van der Waals surface area contributed by atoms with E-state index in [0.717, 1.165) is 38.4 Å². The maximum atomic E-state index is 11.9. The Balaban J connectivity index is 1.56. The molecule has 0 bridgehead atoms. The molecule has 110 valence electrons. The zero-order valence-electron chi connectivity index (χ0n) is 12.5. The molecule has 1 aliphatic heterocycles. The lowest BCUT2D eigenvalue weighted by Crippen LogP contribution is -2.41. The van der Waals surface area contributed by atoms with Gasteiger partial charge in [-0.2, -0.15) is 0 Å². The van der Waals surface area contributed by atoms with Crippen LogP contribution in [0.1, 0.15) is 31.7 Å². The molecule has 1 fully saturated rings. The Kier molecular flexibility index (Phi) is 6.06. The second kappa shape index (κ2) is 8.05. The van der Waals surface area contributed by atoms with Gasteiger partial charge in [0.25, 0.3) is 0 Å². The van der Waals surface area contributed by atoms with Crippen molar-refractivity contribution in [1.29, 1.82) is 0 Å². The maximum absolute atomic E-state index is 11.9. The summed E-state index contributed by atoms with van der Waals surface area (Å²) in [5, 5.41) is 3.03. The average Bonchev–Trinajstić information content (AvgIpc) is 2.47. The first-order valence-corrected chi connectivity index (χ1v) is 7.77. The van der Waals surface area contributed by atoms with E-state index in [0.29, 0.717) is 6.54 Å². The lowest BCUT2D eigenvalue weighted by Gasteiger charge is -2.29. The monoisotopic (exact) mass is 274 g/mol. The number of amides is 1. The Hall–Kier alpha value is -1.35. The van der Waals surface area contributed by atoms with E-state index in [1.807, 2.05) is 6.07 Å². The lowest BCUT2D eigenvalue weighted by molar-refractivity contribution is -0.122. The molecule has 0 aromatic heterocycles. The Morgan fingerprint density at radius 1 is 1.25 bits per heavy atom. The van der Waals surface area contributed by atoms with Gasteiger partial charge in [0.15, 0.2) is 0 Å². The van der Waals surface area contributed by atoms with Gasteiger partial charge in [0.05, 0.1) is 6.54 Å². The van der Waals surface area contributed by atoms with E-state index < -0.39 is 0 Å². The van der Waals surface area contributed by atoms with Crippen molar-refractivity contribution >= 4 is 5.91 Å². The zero-order chi connectivity index (χ0) is 14.2. The van der Waals surface area contributed by atoms with Crippen LogP contribution in [0.2, 0.25) is 0 Å². The van der Waals surface area contributed by atoms with E-state index >= 15 is 0 Å². The van der Waals surface area contributed by atoms with Crippen molar-refractivity contribution in [3.63, 3.8) is 0 Å². The van der Waals surface area contributed by atoms with Gasteiger partial charge in [-0.1, -0.05) is 37.3 Å². The van der Waals surface area contributed by atoms with Crippen LogP contribution in [0.15, 0.2) is 30.3 Å². The number of carbonyl (C=O) groups is 1. The number of benzene rings is 1. The van der Waals surface area contributed by atoms with Crippen LogP contribution in [0.25, 0.3) is 0 Å². The molecule has 0 radical (unpaired) electrons. The predicted octanol–water partition coefficient (Wildman–Crippen LogP) is 2.47. The molecule has 1 heterocycles. The second-order valence-corrected chi connectivity index (χ2v) is 5.90. The van der Waals surface area contributed by atoms with Crippen LogP contribution in [0.5, 0.6) is 0 Å². The topological polar surface area (TPSA) is 32.3 Å². The number of carbonyl (C=O) groups excluding carboxylic acids is 1. The van der Waals surface area contributed by atoms with Crippen molar-refractivity contribution < 1.29 is 4.79 Å². The highest BCUT2D eigenvalue weighted by molar-refractivity contribution is 5.77. The molecule has 0 spiro atoms. The average molecular weight is 274 g/mol. The highest BCUT2D eigenvalue weighted by atomic mass is 16.2. The molecule has 1 saturated heterocycles. The third kappa shape index (κ3) is 5.33. The van der Waals surface area contributed by atoms with Gasteiger partial charge in [-0.15, -0.1) is 0 Å². The second-order valence-electron chi connectivity index (χ2n) is 5.90. The van der Waals surface area contributed by atoms with Crippen molar-refractivity contribution in [3.05, 3.63) is 35.9 Å². The fraction of sp³-hybridized carbons (Fsp3) is 0.588. The molecular formula is C17H26N2O. The fourth-order valence-electron chi connectivity index (χ4n) is 2.64. The Morgan fingerprint density at radius 2 is 1.95 bits per heavy atom. The van der Waals surface area contributed by atoms with Crippen LogP contribution in [-0.2, 0) is 11.2 Å². The molecule has 1 N–H and O–H groups in total. The van der Waals surface area contributed by atoms with E-state index in [2.05, 4.69) is 41.4 Å². The van der Waals surface area contributed by atoms with Crippen LogP contribution >= 0.6 is 0 Å². The summed E-state index contributed by atoms with van der Waals surface area (Å²) in [5.41, 5.74) is 1.34. The van der Waals surface area contributed by atoms with Crippen molar-refractivity contribution in [2.45, 2.75) is 32.6 Å². The maximum Gasteiger partial charge on any atom is 0.234 e. The number of nitrogens with one attached hydrogen (secondary N) is 1.